The van der Waals surface area contributed by atoms with Gasteiger partial charge in [0, 0.05) is 25.2 Å². The number of carbonyl (C=O) groups excluding carboxylic acids is 1. The van der Waals surface area contributed by atoms with Gasteiger partial charge in [0.05, 0.1) is 0 Å². The first kappa shape index (κ1) is 16.3. The number of anilines is 1. The highest BCUT2D eigenvalue weighted by atomic mass is 16.1. The van der Waals surface area contributed by atoms with Crippen molar-refractivity contribution >= 4 is 17.6 Å². The molecule has 0 heterocycles. The predicted molar refractivity (Wildman–Crippen MR) is 90.9 cm³/mol. The smallest absolute Gasteiger partial charge is 0.221 e. The van der Waals surface area contributed by atoms with Crippen LogP contribution in [0.5, 0.6) is 0 Å². The van der Waals surface area contributed by atoms with E-state index in [1.54, 1.807) is 0 Å². The molecular formula is C17H26N4O. The Balaban J connectivity index is 1.74. The lowest BCUT2D eigenvalue weighted by atomic mass is 9.96. The minimum Gasteiger partial charge on any atom is -0.370 e. The van der Waals surface area contributed by atoms with E-state index in [4.69, 9.17) is 5.73 Å². The number of nitrogens with zero attached hydrogens (tertiary/aromatic N) is 1. The van der Waals surface area contributed by atoms with Crippen LogP contribution in [-0.4, -0.2) is 24.5 Å². The second-order valence-electron chi connectivity index (χ2n) is 5.87. The number of rotatable bonds is 5. The van der Waals surface area contributed by atoms with Gasteiger partial charge in [-0.25, -0.2) is 0 Å². The summed E-state index contributed by atoms with van der Waals surface area (Å²) in [7, 11) is 0. The number of guanidine groups is 1. The third kappa shape index (κ3) is 5.76. The van der Waals surface area contributed by atoms with E-state index in [-0.39, 0.29) is 5.91 Å². The Morgan fingerprint density at radius 2 is 1.91 bits per heavy atom. The molecule has 5 heteroatoms. The average molecular weight is 302 g/mol. The molecule has 0 radical (unpaired) electrons. The Bertz CT molecular complexity index is 504. The van der Waals surface area contributed by atoms with Crippen LogP contribution in [0.3, 0.4) is 0 Å². The minimum absolute atomic E-state index is 0.0566. The van der Waals surface area contributed by atoms with Crippen molar-refractivity contribution in [3.63, 3.8) is 0 Å². The van der Waals surface area contributed by atoms with Gasteiger partial charge in [0.1, 0.15) is 0 Å². The molecule has 1 aliphatic carbocycles. The van der Waals surface area contributed by atoms with E-state index in [0.717, 1.165) is 12.1 Å². The van der Waals surface area contributed by atoms with E-state index >= 15 is 0 Å². The molecule has 0 aliphatic heterocycles. The lowest BCUT2D eigenvalue weighted by Gasteiger charge is -2.23. The van der Waals surface area contributed by atoms with Crippen LogP contribution in [-0.2, 0) is 11.2 Å². The molecule has 5 nitrogen and oxygen atoms in total. The topological polar surface area (TPSA) is 79.5 Å². The molecule has 2 rings (SSSR count). The number of hydrogen-bond acceptors (Lipinski definition) is 2. The van der Waals surface area contributed by atoms with Gasteiger partial charge in [-0.15, -0.1) is 0 Å². The SMILES string of the molecule is CC(=O)Nc1ccc(CCN=C(N)NC2CCCCC2)cc1. The van der Waals surface area contributed by atoms with Gasteiger partial charge in [-0.1, -0.05) is 31.4 Å². The number of carbonyl (C=O) groups is 1. The lowest BCUT2D eigenvalue weighted by molar-refractivity contribution is -0.114. The molecule has 1 amide bonds. The van der Waals surface area contributed by atoms with Crippen LogP contribution in [0.25, 0.3) is 0 Å². The summed E-state index contributed by atoms with van der Waals surface area (Å²) in [6, 6.07) is 8.32. The Morgan fingerprint density at radius 3 is 2.55 bits per heavy atom. The second-order valence-corrected chi connectivity index (χ2v) is 5.87. The zero-order chi connectivity index (χ0) is 15.8. The van der Waals surface area contributed by atoms with Crippen molar-refractivity contribution < 1.29 is 4.79 Å². The molecule has 0 unspecified atom stereocenters. The van der Waals surface area contributed by atoms with Crippen molar-refractivity contribution in [3.8, 4) is 0 Å². The van der Waals surface area contributed by atoms with E-state index in [0.29, 0.717) is 18.5 Å². The highest BCUT2D eigenvalue weighted by molar-refractivity contribution is 5.88. The van der Waals surface area contributed by atoms with Gasteiger partial charge in [-0.3, -0.25) is 9.79 Å². The zero-order valence-electron chi connectivity index (χ0n) is 13.3. The number of nitrogens with two attached hydrogens (primary N) is 1. The number of hydrogen-bond donors (Lipinski definition) is 3. The Morgan fingerprint density at radius 1 is 1.23 bits per heavy atom. The normalized spacial score (nSPS) is 16.3. The fraction of sp³-hybridized carbons (Fsp3) is 0.529. The molecule has 1 fully saturated rings. The summed E-state index contributed by atoms with van der Waals surface area (Å²) in [4.78, 5) is 15.4. The molecule has 4 N–H and O–H groups in total. The fourth-order valence-corrected chi connectivity index (χ4v) is 2.77. The summed E-state index contributed by atoms with van der Waals surface area (Å²) < 4.78 is 0. The molecular weight excluding hydrogens is 276 g/mol. The maximum Gasteiger partial charge on any atom is 0.221 e. The van der Waals surface area contributed by atoms with Crippen LogP contribution in [0.15, 0.2) is 29.3 Å². The summed E-state index contributed by atoms with van der Waals surface area (Å²) in [5, 5.41) is 6.07. The van der Waals surface area contributed by atoms with E-state index < -0.39 is 0 Å². The van der Waals surface area contributed by atoms with Gasteiger partial charge < -0.3 is 16.4 Å². The maximum atomic E-state index is 11.0. The largest absolute Gasteiger partial charge is 0.370 e. The van der Waals surface area contributed by atoms with Crippen molar-refractivity contribution in [3.05, 3.63) is 29.8 Å². The summed E-state index contributed by atoms with van der Waals surface area (Å²) in [5.41, 5.74) is 7.94. The summed E-state index contributed by atoms with van der Waals surface area (Å²) in [6.07, 6.45) is 7.13. The average Bonchev–Trinajstić information content (AvgIpc) is 2.49. The molecule has 1 saturated carbocycles. The van der Waals surface area contributed by atoms with E-state index in [1.807, 2.05) is 24.3 Å². The predicted octanol–water partition coefficient (Wildman–Crippen LogP) is 2.42. The van der Waals surface area contributed by atoms with Crippen LogP contribution in [0.2, 0.25) is 0 Å². The monoisotopic (exact) mass is 302 g/mol. The van der Waals surface area contributed by atoms with E-state index in [1.165, 1.54) is 44.6 Å². The van der Waals surface area contributed by atoms with Crippen LogP contribution in [0.1, 0.15) is 44.6 Å². The molecule has 120 valence electrons. The third-order valence-corrected chi connectivity index (χ3v) is 3.91. The van der Waals surface area contributed by atoms with Gasteiger partial charge in [-0.05, 0) is 37.0 Å². The zero-order valence-corrected chi connectivity index (χ0v) is 13.3. The van der Waals surface area contributed by atoms with Gasteiger partial charge in [0.2, 0.25) is 5.91 Å². The summed E-state index contributed by atoms with van der Waals surface area (Å²) in [6.45, 7) is 2.18. The Hall–Kier alpha value is -2.04. The first-order valence-electron chi connectivity index (χ1n) is 8.06. The maximum absolute atomic E-state index is 11.0. The first-order valence-corrected chi connectivity index (χ1v) is 8.06. The standard InChI is InChI=1S/C17H26N4O/c1-13(22)20-16-9-7-14(8-10-16)11-12-19-17(18)21-15-5-3-2-4-6-15/h7-10,15H,2-6,11-12H2,1H3,(H,20,22)(H3,18,19,21). The summed E-state index contributed by atoms with van der Waals surface area (Å²) >= 11 is 0. The molecule has 1 aliphatic rings. The van der Waals surface area contributed by atoms with Crippen molar-refractivity contribution in [2.45, 2.75) is 51.5 Å². The minimum atomic E-state index is -0.0566. The van der Waals surface area contributed by atoms with Gasteiger partial charge in [0.25, 0.3) is 0 Å². The molecule has 0 bridgehead atoms. The van der Waals surface area contributed by atoms with E-state index in [2.05, 4.69) is 15.6 Å². The van der Waals surface area contributed by atoms with Crippen molar-refractivity contribution in [2.24, 2.45) is 10.7 Å². The van der Waals surface area contributed by atoms with Crippen LogP contribution < -0.4 is 16.4 Å². The Labute approximate surface area is 132 Å². The second kappa shape index (κ2) is 8.41. The van der Waals surface area contributed by atoms with Gasteiger partial charge in [0.15, 0.2) is 5.96 Å². The van der Waals surface area contributed by atoms with Gasteiger partial charge >= 0.3 is 0 Å². The first-order chi connectivity index (χ1) is 10.6. The molecule has 0 spiro atoms. The highest BCUT2D eigenvalue weighted by Crippen LogP contribution is 2.17. The van der Waals surface area contributed by atoms with Gasteiger partial charge in [-0.2, -0.15) is 0 Å². The fourth-order valence-electron chi connectivity index (χ4n) is 2.77. The number of nitrogens with one attached hydrogen (secondary N) is 2. The number of aliphatic imine (C=N–C) groups is 1. The number of amides is 1. The highest BCUT2D eigenvalue weighted by Gasteiger charge is 2.13. The third-order valence-electron chi connectivity index (χ3n) is 3.91. The molecule has 22 heavy (non-hydrogen) atoms. The molecule has 1 aromatic rings. The van der Waals surface area contributed by atoms with Crippen molar-refractivity contribution in [1.29, 1.82) is 0 Å². The molecule has 0 atom stereocenters. The molecule has 1 aromatic carbocycles. The van der Waals surface area contributed by atoms with Crippen molar-refractivity contribution in [2.75, 3.05) is 11.9 Å². The number of benzene rings is 1. The molecule has 0 aromatic heterocycles. The van der Waals surface area contributed by atoms with E-state index in [9.17, 15) is 4.79 Å². The molecule has 0 saturated heterocycles. The lowest BCUT2D eigenvalue weighted by Crippen LogP contribution is -2.41. The Kier molecular flexibility index (Phi) is 6.25. The van der Waals surface area contributed by atoms with Crippen LogP contribution in [0, 0.1) is 0 Å². The summed E-state index contributed by atoms with van der Waals surface area (Å²) in [5.74, 6) is 0.501. The van der Waals surface area contributed by atoms with Crippen LogP contribution >= 0.6 is 0 Å². The van der Waals surface area contributed by atoms with Crippen molar-refractivity contribution in [1.82, 2.24) is 5.32 Å². The van der Waals surface area contributed by atoms with Crippen LogP contribution in [0.4, 0.5) is 5.69 Å². The quantitative estimate of drug-likeness (QED) is 0.577.